The van der Waals surface area contributed by atoms with E-state index in [1.807, 2.05) is 37.3 Å². The summed E-state index contributed by atoms with van der Waals surface area (Å²) in [7, 11) is 2.87. The number of Topliss-reactive ketones (excluding diaryl/α,β-unsaturated/α-hetero) is 1. The highest BCUT2D eigenvalue weighted by molar-refractivity contribution is 6.24. The highest BCUT2D eigenvalue weighted by Crippen LogP contribution is 2.29. The van der Waals surface area contributed by atoms with Crippen LogP contribution < -0.4 is 21.7 Å². The van der Waals surface area contributed by atoms with Gasteiger partial charge in [-0.25, -0.2) is 9.59 Å². The summed E-state index contributed by atoms with van der Waals surface area (Å²) in [5, 5.41) is 19.1. The first-order valence-electron chi connectivity index (χ1n) is 15.9. The van der Waals surface area contributed by atoms with Crippen molar-refractivity contribution in [2.75, 3.05) is 14.2 Å². The number of ether oxygens (including phenoxy) is 3. The van der Waals surface area contributed by atoms with E-state index in [1.165, 1.54) is 33.3 Å². The van der Waals surface area contributed by atoms with Gasteiger partial charge >= 0.3 is 12.1 Å². The lowest BCUT2D eigenvalue weighted by Gasteiger charge is -2.30. The standard InChI is InChI=1S/C36H46N4O9/c1-20-15-25-30(40-36(46)38-19-24-12-8-7-9-13-24)27(41)18-26(32(25)43)39-34(44)21(2)11-10-14-28(47-5)33(49-35(37)45)23(4)17-22(3)31(42)29(16-20)48-6/h7-14,17-18,20,22,28-29,31,33,42H,15-16,19H2,1-6H3,(H2,37,45)(H,39,44)(H2,38,40,46)/b14-10-,21-11+,23-17+/t20-,22+,28+,29+,31-,33+/m1/s1. The van der Waals surface area contributed by atoms with Crippen molar-refractivity contribution in [1.82, 2.24) is 16.0 Å². The average Bonchev–Trinajstić information content (AvgIpc) is 3.06. The molecule has 6 atom stereocenters. The number of hydrogen-bond acceptors (Lipinski definition) is 9. The third-order valence-electron chi connectivity index (χ3n) is 8.33. The van der Waals surface area contributed by atoms with Crippen molar-refractivity contribution >= 4 is 29.6 Å². The number of urea groups is 1. The molecule has 0 radical (unpaired) electrons. The van der Waals surface area contributed by atoms with Crippen LogP contribution in [0, 0.1) is 11.8 Å². The average molecular weight is 679 g/mol. The zero-order chi connectivity index (χ0) is 36.2. The third kappa shape index (κ3) is 10.8. The number of nitrogens with two attached hydrogens (primary N) is 1. The molecule has 4 amide bonds. The molecule has 0 saturated heterocycles. The topological polar surface area (TPSA) is 195 Å². The molecule has 0 aromatic heterocycles. The van der Waals surface area contributed by atoms with Gasteiger partial charge in [-0.05, 0) is 43.7 Å². The largest absolute Gasteiger partial charge is 0.439 e. The molecule has 0 fully saturated rings. The van der Waals surface area contributed by atoms with Crippen molar-refractivity contribution < 1.29 is 43.3 Å². The number of rotatable bonds is 6. The molecule has 0 spiro atoms. The molecule has 1 aliphatic heterocycles. The summed E-state index contributed by atoms with van der Waals surface area (Å²) in [4.78, 5) is 65.1. The van der Waals surface area contributed by atoms with Crippen molar-refractivity contribution in [3.63, 3.8) is 0 Å². The number of allylic oxidation sites excluding steroid dienone is 4. The minimum absolute atomic E-state index is 0.00659. The number of primary amides is 1. The predicted octanol–water partition coefficient (Wildman–Crippen LogP) is 3.26. The lowest BCUT2D eigenvalue weighted by Crippen LogP contribution is -2.41. The van der Waals surface area contributed by atoms with Crippen LogP contribution in [0.25, 0.3) is 0 Å². The third-order valence-corrected chi connectivity index (χ3v) is 8.33. The molecular weight excluding hydrogens is 632 g/mol. The number of carbonyl (C=O) groups is 5. The van der Waals surface area contributed by atoms with Crippen molar-refractivity contribution in [3.8, 4) is 0 Å². The first-order chi connectivity index (χ1) is 23.2. The molecule has 0 saturated carbocycles. The number of ketones is 2. The van der Waals surface area contributed by atoms with Crippen LogP contribution in [-0.4, -0.2) is 73.3 Å². The fourth-order valence-electron chi connectivity index (χ4n) is 5.66. The highest BCUT2D eigenvalue weighted by Gasteiger charge is 2.34. The summed E-state index contributed by atoms with van der Waals surface area (Å²) in [5.41, 5.74) is 6.50. The minimum Gasteiger partial charge on any atom is -0.439 e. The fourth-order valence-corrected chi connectivity index (χ4v) is 5.66. The highest BCUT2D eigenvalue weighted by atomic mass is 16.6. The van der Waals surface area contributed by atoms with Crippen LogP contribution in [0.5, 0.6) is 0 Å². The molecule has 6 N–H and O–H groups in total. The lowest BCUT2D eigenvalue weighted by molar-refractivity contribution is -0.120. The van der Waals surface area contributed by atoms with E-state index in [1.54, 1.807) is 26.0 Å². The minimum atomic E-state index is -1.03. The molecule has 3 rings (SSSR count). The number of aliphatic hydroxyl groups excluding tert-OH is 1. The number of carbonyl (C=O) groups excluding carboxylic acids is 5. The van der Waals surface area contributed by atoms with Gasteiger partial charge in [-0.2, -0.15) is 0 Å². The summed E-state index contributed by atoms with van der Waals surface area (Å²) >= 11 is 0. The second kappa shape index (κ2) is 18.1. The Morgan fingerprint density at radius 3 is 2.39 bits per heavy atom. The van der Waals surface area contributed by atoms with Crippen LogP contribution >= 0.6 is 0 Å². The normalized spacial score (nSPS) is 28.6. The first kappa shape index (κ1) is 38.6. The lowest BCUT2D eigenvalue weighted by atomic mass is 9.85. The Bertz CT molecular complexity index is 1560. The number of amides is 4. The monoisotopic (exact) mass is 678 g/mol. The maximum Gasteiger partial charge on any atom is 0.405 e. The molecule has 1 aliphatic carbocycles. The SMILES string of the molecule is CO[C@H]1/C=C\C=C(/C)C(=O)NC2=CC(=O)C(NC(=O)NCc3ccccc3)=C(C[C@@H](C)C[C@H](OC)[C@H](O)[C@@H](C)/C=C(\C)[C@@H]1OC(N)=O)C2=O. The second-order valence-electron chi connectivity index (χ2n) is 12.2. The number of hydrogen-bond donors (Lipinski definition) is 5. The maximum absolute atomic E-state index is 13.8. The van der Waals surface area contributed by atoms with Gasteiger partial charge in [-0.3, -0.25) is 14.4 Å². The molecule has 0 unspecified atom stereocenters. The Kier molecular flexibility index (Phi) is 14.2. The number of nitrogens with one attached hydrogen (secondary N) is 3. The van der Waals surface area contributed by atoms with E-state index in [9.17, 15) is 29.1 Å². The zero-order valence-electron chi connectivity index (χ0n) is 28.6. The van der Waals surface area contributed by atoms with Crippen LogP contribution in [0.2, 0.25) is 0 Å². The maximum atomic E-state index is 13.8. The van der Waals surface area contributed by atoms with E-state index in [0.717, 1.165) is 11.6 Å². The Labute approximate surface area is 286 Å². The Hall–Kier alpha value is -4.85. The molecule has 1 aromatic carbocycles. The van der Waals surface area contributed by atoms with Crippen LogP contribution in [0.15, 0.2) is 88.8 Å². The van der Waals surface area contributed by atoms with Gasteiger partial charge in [-0.15, -0.1) is 0 Å². The molecule has 264 valence electrons. The predicted molar refractivity (Wildman–Crippen MR) is 181 cm³/mol. The van der Waals surface area contributed by atoms with E-state index >= 15 is 0 Å². The quantitative estimate of drug-likeness (QED) is 0.222. The number of aliphatic hydroxyl groups is 1. The number of methoxy groups -OCH3 is 2. The summed E-state index contributed by atoms with van der Waals surface area (Å²) in [5.74, 6) is -2.79. The molecule has 1 heterocycles. The van der Waals surface area contributed by atoms with Gasteiger partial charge in [-0.1, -0.05) is 68.5 Å². The Morgan fingerprint density at radius 1 is 1.06 bits per heavy atom. The van der Waals surface area contributed by atoms with Crippen molar-refractivity contribution in [2.24, 2.45) is 17.6 Å². The van der Waals surface area contributed by atoms with Crippen LogP contribution in [0.1, 0.15) is 46.1 Å². The van der Waals surface area contributed by atoms with Gasteiger partial charge < -0.3 is 41.0 Å². The Balaban J connectivity index is 2.02. The summed E-state index contributed by atoms with van der Waals surface area (Å²) in [6.07, 6.45) is 3.00. The van der Waals surface area contributed by atoms with Gasteiger partial charge in [0.1, 0.15) is 6.10 Å². The van der Waals surface area contributed by atoms with Crippen molar-refractivity contribution in [2.45, 2.75) is 71.5 Å². The van der Waals surface area contributed by atoms with E-state index < -0.39 is 59.9 Å². The Morgan fingerprint density at radius 2 is 1.76 bits per heavy atom. The van der Waals surface area contributed by atoms with E-state index in [-0.39, 0.29) is 47.8 Å². The van der Waals surface area contributed by atoms with Gasteiger partial charge in [0.05, 0.1) is 23.6 Å². The molecule has 49 heavy (non-hydrogen) atoms. The molecular formula is C36H46N4O9. The van der Waals surface area contributed by atoms with Gasteiger partial charge in [0, 0.05) is 43.9 Å². The molecule has 2 aliphatic rings. The molecule has 1 aromatic rings. The van der Waals surface area contributed by atoms with E-state index in [4.69, 9.17) is 19.9 Å². The van der Waals surface area contributed by atoms with Crippen LogP contribution in [0.3, 0.4) is 0 Å². The second-order valence-corrected chi connectivity index (χ2v) is 12.2. The molecule has 13 nitrogen and oxygen atoms in total. The first-order valence-corrected chi connectivity index (χ1v) is 15.9. The van der Waals surface area contributed by atoms with Crippen molar-refractivity contribution in [1.29, 1.82) is 0 Å². The summed E-state index contributed by atoms with van der Waals surface area (Å²) in [6.45, 7) is 7.00. The van der Waals surface area contributed by atoms with Gasteiger partial charge in [0.15, 0.2) is 6.10 Å². The van der Waals surface area contributed by atoms with E-state index in [2.05, 4.69) is 16.0 Å². The molecule has 2 bridgehead atoms. The van der Waals surface area contributed by atoms with Crippen molar-refractivity contribution in [3.05, 3.63) is 94.4 Å². The van der Waals surface area contributed by atoms with Gasteiger partial charge in [0.2, 0.25) is 11.6 Å². The number of fused-ring (bicyclic) bond motifs is 2. The van der Waals surface area contributed by atoms with E-state index in [0.29, 0.717) is 5.57 Å². The molecule has 13 heteroatoms. The summed E-state index contributed by atoms with van der Waals surface area (Å²) in [6, 6.07) is 8.48. The smallest absolute Gasteiger partial charge is 0.405 e. The zero-order valence-corrected chi connectivity index (χ0v) is 28.6. The van der Waals surface area contributed by atoms with Crippen LogP contribution in [-0.2, 0) is 35.1 Å². The summed E-state index contributed by atoms with van der Waals surface area (Å²) < 4.78 is 16.6. The fraction of sp³-hybridized carbons (Fsp3) is 0.417. The number of benzene rings is 1. The van der Waals surface area contributed by atoms with Crippen LogP contribution in [0.4, 0.5) is 9.59 Å². The van der Waals surface area contributed by atoms with Gasteiger partial charge in [0.25, 0.3) is 5.91 Å².